The average molecular weight is 359 g/mol. The number of nitrogens with one attached hydrogen (secondary N) is 1. The van der Waals surface area contributed by atoms with Gasteiger partial charge in [-0.25, -0.2) is 18.1 Å². The fourth-order valence-electron chi connectivity index (χ4n) is 1.92. The normalized spacial score (nSPS) is 11.7. The smallest absolute Gasteiger partial charge is 0.211 e. The van der Waals surface area contributed by atoms with E-state index in [0.29, 0.717) is 24.4 Å². The second-order valence-corrected chi connectivity index (χ2v) is 8.13. The first kappa shape index (κ1) is 17.4. The van der Waals surface area contributed by atoms with E-state index in [1.54, 1.807) is 0 Å². The SMILES string of the molecule is CCCCS(=O)(=O)NCCc1csc(-c2ccccc2Cl)n1. The van der Waals surface area contributed by atoms with E-state index in [2.05, 4.69) is 9.71 Å². The third kappa shape index (κ3) is 5.05. The molecule has 22 heavy (non-hydrogen) atoms. The third-order valence-electron chi connectivity index (χ3n) is 3.13. The molecule has 0 fully saturated rings. The maximum Gasteiger partial charge on any atom is 0.211 e. The lowest BCUT2D eigenvalue weighted by Gasteiger charge is -2.04. The second kappa shape index (κ2) is 8.06. The molecule has 0 radical (unpaired) electrons. The van der Waals surface area contributed by atoms with E-state index in [1.807, 2.05) is 36.6 Å². The summed E-state index contributed by atoms with van der Waals surface area (Å²) in [7, 11) is -3.16. The Labute approximate surface area is 140 Å². The van der Waals surface area contributed by atoms with Crippen LogP contribution in [0.5, 0.6) is 0 Å². The highest BCUT2D eigenvalue weighted by atomic mass is 35.5. The molecule has 0 aliphatic rings. The van der Waals surface area contributed by atoms with Crippen molar-refractivity contribution in [2.45, 2.75) is 26.2 Å². The van der Waals surface area contributed by atoms with Gasteiger partial charge in [-0.15, -0.1) is 11.3 Å². The first-order chi connectivity index (χ1) is 10.5. The van der Waals surface area contributed by atoms with Crippen molar-refractivity contribution in [1.29, 1.82) is 0 Å². The molecule has 2 rings (SSSR count). The molecule has 2 aromatic rings. The van der Waals surface area contributed by atoms with E-state index < -0.39 is 10.0 Å². The lowest BCUT2D eigenvalue weighted by atomic mass is 10.2. The monoisotopic (exact) mass is 358 g/mol. The minimum Gasteiger partial charge on any atom is -0.241 e. The van der Waals surface area contributed by atoms with E-state index in [9.17, 15) is 8.42 Å². The van der Waals surface area contributed by atoms with Crippen LogP contribution in [0.3, 0.4) is 0 Å². The molecular weight excluding hydrogens is 340 g/mol. The first-order valence-electron chi connectivity index (χ1n) is 7.18. The molecule has 0 unspecified atom stereocenters. The molecule has 4 nitrogen and oxygen atoms in total. The lowest BCUT2D eigenvalue weighted by molar-refractivity contribution is 0.578. The number of rotatable bonds is 8. The van der Waals surface area contributed by atoms with Crippen LogP contribution in [0.1, 0.15) is 25.5 Å². The predicted molar refractivity (Wildman–Crippen MR) is 93.0 cm³/mol. The van der Waals surface area contributed by atoms with Crippen molar-refractivity contribution in [3.63, 3.8) is 0 Å². The largest absolute Gasteiger partial charge is 0.241 e. The molecule has 0 bridgehead atoms. The summed E-state index contributed by atoms with van der Waals surface area (Å²) >= 11 is 7.67. The van der Waals surface area contributed by atoms with E-state index >= 15 is 0 Å². The van der Waals surface area contributed by atoms with Crippen LogP contribution in [0, 0.1) is 0 Å². The molecule has 0 aliphatic carbocycles. The Morgan fingerprint density at radius 3 is 2.82 bits per heavy atom. The molecule has 0 amide bonds. The Hall–Kier alpha value is -0.950. The molecule has 0 aliphatic heterocycles. The van der Waals surface area contributed by atoms with Crippen LogP contribution in [0.2, 0.25) is 5.02 Å². The summed E-state index contributed by atoms with van der Waals surface area (Å²) < 4.78 is 26.0. The van der Waals surface area contributed by atoms with Crippen LogP contribution in [0.25, 0.3) is 10.6 Å². The third-order valence-corrected chi connectivity index (χ3v) is 5.85. The Balaban J connectivity index is 1.92. The molecule has 0 saturated heterocycles. The van der Waals surface area contributed by atoms with E-state index in [4.69, 9.17) is 11.6 Å². The summed E-state index contributed by atoms with van der Waals surface area (Å²) in [6.07, 6.45) is 2.13. The van der Waals surface area contributed by atoms with Crippen LogP contribution < -0.4 is 4.72 Å². The van der Waals surface area contributed by atoms with E-state index in [1.165, 1.54) is 11.3 Å². The fraction of sp³-hybridized carbons (Fsp3) is 0.400. The minimum absolute atomic E-state index is 0.186. The van der Waals surface area contributed by atoms with Gasteiger partial charge in [-0.1, -0.05) is 43.1 Å². The number of hydrogen-bond acceptors (Lipinski definition) is 4. The molecule has 0 spiro atoms. The van der Waals surface area contributed by atoms with Crippen molar-refractivity contribution in [2.24, 2.45) is 0 Å². The predicted octanol–water partition coefficient (Wildman–Crippen LogP) is 3.73. The van der Waals surface area contributed by atoms with E-state index in [0.717, 1.165) is 22.7 Å². The van der Waals surface area contributed by atoms with Crippen molar-refractivity contribution < 1.29 is 8.42 Å². The van der Waals surface area contributed by atoms with Gasteiger partial charge in [-0.3, -0.25) is 0 Å². The molecule has 0 atom stereocenters. The van der Waals surface area contributed by atoms with Gasteiger partial charge in [0.2, 0.25) is 10.0 Å². The molecule has 0 saturated carbocycles. The summed E-state index contributed by atoms with van der Waals surface area (Å²) in [5.74, 6) is 0.186. The van der Waals surface area contributed by atoms with Gasteiger partial charge in [-0.2, -0.15) is 0 Å². The van der Waals surface area contributed by atoms with Gasteiger partial charge < -0.3 is 0 Å². The van der Waals surface area contributed by atoms with Gasteiger partial charge in [0.1, 0.15) is 5.01 Å². The van der Waals surface area contributed by atoms with Crippen molar-refractivity contribution in [3.05, 3.63) is 40.4 Å². The molecule has 1 aromatic heterocycles. The van der Waals surface area contributed by atoms with Crippen molar-refractivity contribution in [1.82, 2.24) is 9.71 Å². The average Bonchev–Trinajstić information content (AvgIpc) is 2.94. The van der Waals surface area contributed by atoms with Crippen LogP contribution in [0.15, 0.2) is 29.6 Å². The van der Waals surface area contributed by atoms with Crippen LogP contribution in [-0.2, 0) is 16.4 Å². The van der Waals surface area contributed by atoms with Gasteiger partial charge in [-0.05, 0) is 12.5 Å². The summed E-state index contributed by atoms with van der Waals surface area (Å²) in [5, 5.41) is 3.47. The lowest BCUT2D eigenvalue weighted by Crippen LogP contribution is -2.28. The number of hydrogen-bond donors (Lipinski definition) is 1. The number of sulfonamides is 1. The fourth-order valence-corrected chi connectivity index (χ4v) is 4.32. The highest BCUT2D eigenvalue weighted by Gasteiger charge is 2.11. The molecule has 1 aromatic carbocycles. The van der Waals surface area contributed by atoms with Gasteiger partial charge in [0.15, 0.2) is 0 Å². The Bertz CT molecular complexity index is 714. The van der Waals surface area contributed by atoms with Gasteiger partial charge in [0.25, 0.3) is 0 Å². The van der Waals surface area contributed by atoms with Crippen LogP contribution in [-0.4, -0.2) is 25.7 Å². The second-order valence-electron chi connectivity index (χ2n) is 4.94. The highest BCUT2D eigenvalue weighted by Crippen LogP contribution is 2.30. The Kier molecular flexibility index (Phi) is 6.37. The van der Waals surface area contributed by atoms with Crippen molar-refractivity contribution in [3.8, 4) is 10.6 Å². The minimum atomic E-state index is -3.16. The highest BCUT2D eigenvalue weighted by molar-refractivity contribution is 7.89. The van der Waals surface area contributed by atoms with Gasteiger partial charge in [0, 0.05) is 23.9 Å². The van der Waals surface area contributed by atoms with Gasteiger partial charge >= 0.3 is 0 Å². The number of thiazole rings is 1. The standard InChI is InChI=1S/C15H19ClN2O2S2/c1-2-3-10-22(19,20)17-9-8-12-11-21-15(18-12)13-6-4-5-7-14(13)16/h4-7,11,17H,2-3,8-10H2,1H3. The number of halogens is 1. The van der Waals surface area contributed by atoms with E-state index in [-0.39, 0.29) is 5.75 Å². The zero-order valence-electron chi connectivity index (χ0n) is 12.4. The first-order valence-corrected chi connectivity index (χ1v) is 10.1. The molecular formula is C15H19ClN2O2S2. The zero-order valence-corrected chi connectivity index (χ0v) is 14.8. The number of aromatic nitrogens is 1. The zero-order chi connectivity index (χ0) is 16.0. The number of nitrogens with zero attached hydrogens (tertiary/aromatic N) is 1. The molecule has 1 N–H and O–H groups in total. The molecule has 1 heterocycles. The maximum atomic E-state index is 11.7. The number of benzene rings is 1. The van der Waals surface area contributed by atoms with Crippen LogP contribution >= 0.6 is 22.9 Å². The van der Waals surface area contributed by atoms with Gasteiger partial charge in [0.05, 0.1) is 16.5 Å². The van der Waals surface area contributed by atoms with Crippen LogP contribution in [0.4, 0.5) is 0 Å². The maximum absolute atomic E-state index is 11.7. The molecule has 7 heteroatoms. The summed E-state index contributed by atoms with van der Waals surface area (Å²) in [6.45, 7) is 2.35. The quantitative estimate of drug-likeness (QED) is 0.782. The Morgan fingerprint density at radius 2 is 2.09 bits per heavy atom. The summed E-state index contributed by atoms with van der Waals surface area (Å²) in [6, 6.07) is 7.56. The van der Waals surface area contributed by atoms with Crippen molar-refractivity contribution >= 4 is 33.0 Å². The summed E-state index contributed by atoms with van der Waals surface area (Å²) in [5.41, 5.74) is 1.78. The van der Waals surface area contributed by atoms with Crippen molar-refractivity contribution in [2.75, 3.05) is 12.3 Å². The topological polar surface area (TPSA) is 59.1 Å². The number of unbranched alkanes of at least 4 members (excludes halogenated alkanes) is 1. The summed E-state index contributed by atoms with van der Waals surface area (Å²) in [4.78, 5) is 4.52. The Morgan fingerprint density at radius 1 is 1.32 bits per heavy atom. The molecule has 120 valence electrons.